The molecule has 7 heteroatoms. The molecule has 0 fully saturated rings. The monoisotopic (exact) mass is 308 g/mol. The zero-order chi connectivity index (χ0) is 14.2. The molecule has 0 amide bonds. The van der Waals surface area contributed by atoms with Crippen LogP contribution in [0.3, 0.4) is 0 Å². The van der Waals surface area contributed by atoms with Crippen LogP contribution in [0.4, 0.5) is 5.69 Å². The molecule has 0 saturated carbocycles. The van der Waals surface area contributed by atoms with Crippen LogP contribution in [0.5, 0.6) is 0 Å². The molecule has 0 saturated heterocycles. The summed E-state index contributed by atoms with van der Waals surface area (Å²) in [6.45, 7) is -0.226. The predicted molar refractivity (Wildman–Crippen MR) is 79.3 cm³/mol. The van der Waals surface area contributed by atoms with Gasteiger partial charge in [-0.15, -0.1) is 11.3 Å². The minimum atomic E-state index is -3.64. The molecule has 0 bridgehead atoms. The van der Waals surface area contributed by atoms with E-state index in [0.717, 1.165) is 10.1 Å². The van der Waals surface area contributed by atoms with Gasteiger partial charge >= 0.3 is 0 Å². The van der Waals surface area contributed by atoms with E-state index in [1.807, 2.05) is 17.5 Å². The molecule has 0 aliphatic heterocycles. The second-order valence-corrected chi connectivity index (χ2v) is 6.93. The molecule has 0 spiro atoms. The van der Waals surface area contributed by atoms with Crippen LogP contribution in [-0.4, -0.2) is 18.5 Å². The highest BCUT2D eigenvalue weighted by Crippen LogP contribution is 2.25. The maximum atomic E-state index is 12.2. The zero-order valence-corrected chi connectivity index (χ0v) is 12.0. The van der Waals surface area contributed by atoms with Gasteiger partial charge in [0, 0.05) is 22.3 Å². The largest absolute Gasteiger partial charge is 0.390 e. The molecule has 3 N–H and O–H groups in total. The fourth-order valence-electron chi connectivity index (χ4n) is 1.91. The van der Waals surface area contributed by atoms with Crippen LogP contribution in [-0.2, 0) is 16.6 Å². The third-order valence-corrected chi connectivity index (χ3v) is 5.16. The quantitative estimate of drug-likeness (QED) is 0.692. The summed E-state index contributed by atoms with van der Waals surface area (Å²) in [5.41, 5.74) is 0.973. The molecule has 0 aliphatic rings. The van der Waals surface area contributed by atoms with Crippen molar-refractivity contribution in [2.45, 2.75) is 11.5 Å². The smallest absolute Gasteiger partial charge is 0.263 e. The van der Waals surface area contributed by atoms with Gasteiger partial charge in [-0.25, -0.2) is 8.42 Å². The average Bonchev–Trinajstić information content (AvgIpc) is 3.06. The van der Waals surface area contributed by atoms with Gasteiger partial charge in [0.05, 0.1) is 6.61 Å². The number of aromatic amines is 1. The number of aliphatic hydroxyl groups excluding tert-OH is 1. The Labute approximate surface area is 119 Å². The summed E-state index contributed by atoms with van der Waals surface area (Å²) in [6.07, 6.45) is 1.36. The number of aliphatic hydroxyl groups is 1. The van der Waals surface area contributed by atoms with E-state index >= 15 is 0 Å². The van der Waals surface area contributed by atoms with E-state index in [2.05, 4.69) is 9.71 Å². The van der Waals surface area contributed by atoms with Crippen LogP contribution in [0.25, 0.3) is 10.1 Å². The Kier molecular flexibility index (Phi) is 3.25. The topological polar surface area (TPSA) is 82.2 Å². The Balaban J connectivity index is 1.92. The lowest BCUT2D eigenvalue weighted by atomic mass is 10.2. The highest BCUT2D eigenvalue weighted by Gasteiger charge is 2.16. The van der Waals surface area contributed by atoms with Crippen molar-refractivity contribution in [2.24, 2.45) is 0 Å². The second kappa shape index (κ2) is 4.93. The van der Waals surface area contributed by atoms with E-state index in [0.29, 0.717) is 11.4 Å². The molecule has 0 atom stereocenters. The molecular weight excluding hydrogens is 296 g/mol. The molecular formula is C13H12N2O3S2. The molecule has 0 aliphatic carbocycles. The van der Waals surface area contributed by atoms with Gasteiger partial charge in [-0.3, -0.25) is 4.72 Å². The van der Waals surface area contributed by atoms with E-state index in [1.54, 1.807) is 23.5 Å². The van der Waals surface area contributed by atoms with Gasteiger partial charge in [0.15, 0.2) is 0 Å². The van der Waals surface area contributed by atoms with Crippen LogP contribution in [0, 0.1) is 0 Å². The standard InChI is InChI=1S/C13H12N2O3S2/c16-8-11-6-12(7-14-11)20(17,18)15-10-1-2-13-9(5-10)3-4-19-13/h1-7,14-16H,8H2. The molecule has 5 nitrogen and oxygen atoms in total. The first kappa shape index (κ1) is 13.2. The number of anilines is 1. The normalized spacial score (nSPS) is 11.8. The molecule has 104 valence electrons. The summed E-state index contributed by atoms with van der Waals surface area (Å²) in [7, 11) is -3.64. The second-order valence-electron chi connectivity index (χ2n) is 4.30. The van der Waals surface area contributed by atoms with Crippen molar-refractivity contribution in [3.63, 3.8) is 0 Å². The van der Waals surface area contributed by atoms with Crippen molar-refractivity contribution in [2.75, 3.05) is 4.72 Å². The Morgan fingerprint density at radius 1 is 1.25 bits per heavy atom. The molecule has 20 heavy (non-hydrogen) atoms. The van der Waals surface area contributed by atoms with Crippen molar-refractivity contribution in [1.29, 1.82) is 0 Å². The van der Waals surface area contributed by atoms with Crippen LogP contribution < -0.4 is 4.72 Å². The molecule has 3 rings (SSSR count). The molecule has 2 heterocycles. The number of hydrogen-bond donors (Lipinski definition) is 3. The van der Waals surface area contributed by atoms with Crippen LogP contribution in [0.2, 0.25) is 0 Å². The predicted octanol–water partition coefficient (Wildman–Crippen LogP) is 2.52. The molecule has 2 aromatic heterocycles. The fourth-order valence-corrected chi connectivity index (χ4v) is 3.75. The van der Waals surface area contributed by atoms with Gasteiger partial charge < -0.3 is 10.1 Å². The Hall–Kier alpha value is -1.83. The first-order chi connectivity index (χ1) is 9.58. The lowest BCUT2D eigenvalue weighted by molar-refractivity contribution is 0.277. The highest BCUT2D eigenvalue weighted by molar-refractivity contribution is 7.92. The zero-order valence-electron chi connectivity index (χ0n) is 10.3. The molecule has 1 aromatic carbocycles. The minimum Gasteiger partial charge on any atom is -0.390 e. The van der Waals surface area contributed by atoms with Gasteiger partial charge in [-0.2, -0.15) is 0 Å². The number of benzene rings is 1. The third kappa shape index (κ3) is 2.43. The number of thiophene rings is 1. The van der Waals surface area contributed by atoms with Crippen molar-refractivity contribution in [3.05, 3.63) is 47.6 Å². The summed E-state index contributed by atoms with van der Waals surface area (Å²) >= 11 is 1.61. The highest BCUT2D eigenvalue weighted by atomic mass is 32.2. The number of hydrogen-bond acceptors (Lipinski definition) is 4. The maximum absolute atomic E-state index is 12.2. The number of nitrogens with one attached hydrogen (secondary N) is 2. The molecule has 3 aromatic rings. The van der Waals surface area contributed by atoms with Crippen LogP contribution in [0.1, 0.15) is 5.69 Å². The number of rotatable bonds is 4. The summed E-state index contributed by atoms with van der Waals surface area (Å²) < 4.78 is 28.0. The van der Waals surface area contributed by atoms with Gasteiger partial charge in [-0.05, 0) is 41.1 Å². The summed E-state index contributed by atoms with van der Waals surface area (Å²) in [5.74, 6) is 0. The summed E-state index contributed by atoms with van der Waals surface area (Å²) in [6, 6.07) is 8.76. The van der Waals surface area contributed by atoms with Gasteiger partial charge in [0.25, 0.3) is 10.0 Å². The van der Waals surface area contributed by atoms with Gasteiger partial charge in [0.2, 0.25) is 0 Å². The SMILES string of the molecule is O=S(=O)(Nc1ccc2sccc2c1)c1c[nH]c(CO)c1. The number of sulfonamides is 1. The van der Waals surface area contributed by atoms with Crippen LogP contribution in [0.15, 0.2) is 46.8 Å². The van der Waals surface area contributed by atoms with Crippen molar-refractivity contribution >= 4 is 37.1 Å². The molecule has 0 radical (unpaired) electrons. The number of H-pyrrole nitrogens is 1. The maximum Gasteiger partial charge on any atom is 0.263 e. The average molecular weight is 308 g/mol. The van der Waals surface area contributed by atoms with E-state index < -0.39 is 10.0 Å². The number of fused-ring (bicyclic) bond motifs is 1. The van der Waals surface area contributed by atoms with Crippen LogP contribution >= 0.6 is 11.3 Å². The molecule has 0 unspecified atom stereocenters. The Morgan fingerprint density at radius 3 is 2.85 bits per heavy atom. The minimum absolute atomic E-state index is 0.104. The van der Waals surface area contributed by atoms with E-state index in [-0.39, 0.29) is 11.5 Å². The van der Waals surface area contributed by atoms with Crippen molar-refractivity contribution in [1.82, 2.24) is 4.98 Å². The first-order valence-corrected chi connectivity index (χ1v) is 8.23. The van der Waals surface area contributed by atoms with E-state index in [9.17, 15) is 8.42 Å². The summed E-state index contributed by atoms with van der Waals surface area (Å²) in [5, 5.41) is 11.9. The number of aromatic nitrogens is 1. The van der Waals surface area contributed by atoms with E-state index in [4.69, 9.17) is 5.11 Å². The lowest BCUT2D eigenvalue weighted by Gasteiger charge is -2.06. The Morgan fingerprint density at radius 2 is 2.10 bits per heavy atom. The fraction of sp³-hybridized carbons (Fsp3) is 0.0769. The van der Waals surface area contributed by atoms with E-state index in [1.165, 1.54) is 12.3 Å². The van der Waals surface area contributed by atoms with Gasteiger partial charge in [0.1, 0.15) is 4.90 Å². The third-order valence-electron chi connectivity index (χ3n) is 2.90. The first-order valence-electron chi connectivity index (χ1n) is 5.87. The summed E-state index contributed by atoms with van der Waals surface area (Å²) in [4.78, 5) is 2.81. The van der Waals surface area contributed by atoms with Gasteiger partial charge in [-0.1, -0.05) is 0 Å². The van der Waals surface area contributed by atoms with Crippen molar-refractivity contribution in [3.8, 4) is 0 Å². The Bertz CT molecular complexity index is 849. The van der Waals surface area contributed by atoms with Crippen molar-refractivity contribution < 1.29 is 13.5 Å². The lowest BCUT2D eigenvalue weighted by Crippen LogP contribution is -2.12.